The Labute approximate surface area is 271 Å². The van der Waals surface area contributed by atoms with Crippen LogP contribution in [0.3, 0.4) is 0 Å². The number of methoxy groups -OCH3 is 1. The molecule has 3 heterocycles. The van der Waals surface area contributed by atoms with Crippen molar-refractivity contribution in [2.75, 3.05) is 13.7 Å². The van der Waals surface area contributed by atoms with Gasteiger partial charge in [0.05, 0.1) is 36.1 Å². The highest BCUT2D eigenvalue weighted by molar-refractivity contribution is 5.85. The number of ether oxygens (including phenoxy) is 4. The van der Waals surface area contributed by atoms with Crippen LogP contribution >= 0.6 is 0 Å². The van der Waals surface area contributed by atoms with E-state index < -0.39 is 35.1 Å². The van der Waals surface area contributed by atoms with Gasteiger partial charge >= 0.3 is 5.97 Å². The van der Waals surface area contributed by atoms with Crippen molar-refractivity contribution in [3.8, 4) is 0 Å². The number of carbonyl (C=O) groups is 1. The van der Waals surface area contributed by atoms with Crippen LogP contribution in [0.15, 0.2) is 41.2 Å². The van der Waals surface area contributed by atoms with Gasteiger partial charge in [0.1, 0.15) is 12.7 Å². The van der Waals surface area contributed by atoms with E-state index in [-0.39, 0.29) is 41.3 Å². The summed E-state index contributed by atoms with van der Waals surface area (Å²) in [5.74, 6) is -0.118. The van der Waals surface area contributed by atoms with Crippen LogP contribution in [0.2, 0.25) is 0 Å². The zero-order valence-corrected chi connectivity index (χ0v) is 27.3. The number of aliphatic hydroxyl groups is 3. The van der Waals surface area contributed by atoms with Crippen molar-refractivity contribution in [2.45, 2.75) is 127 Å². The van der Waals surface area contributed by atoms with Crippen LogP contribution in [0.4, 0.5) is 0 Å². The van der Waals surface area contributed by atoms with Crippen LogP contribution in [0.25, 0.3) is 0 Å². The molecule has 0 bridgehead atoms. The first kappa shape index (κ1) is 32.3. The average Bonchev–Trinajstić information content (AvgIpc) is 3.58. The van der Waals surface area contributed by atoms with Crippen molar-refractivity contribution >= 4 is 12.2 Å². The van der Waals surface area contributed by atoms with Gasteiger partial charge in [0.25, 0.3) is 0 Å². The summed E-state index contributed by atoms with van der Waals surface area (Å²) in [5, 5.41) is 36.0. The number of rotatable bonds is 7. The van der Waals surface area contributed by atoms with Gasteiger partial charge in [0, 0.05) is 55.5 Å². The van der Waals surface area contributed by atoms with Crippen molar-refractivity contribution in [1.29, 1.82) is 0 Å². The van der Waals surface area contributed by atoms with E-state index in [9.17, 15) is 20.1 Å². The smallest absolute Gasteiger partial charge is 0.331 e. The predicted molar refractivity (Wildman–Crippen MR) is 169 cm³/mol. The molecule has 0 unspecified atom stereocenters. The van der Waals surface area contributed by atoms with E-state index in [1.54, 1.807) is 19.4 Å². The molecule has 0 amide bonds. The number of fused-ring (bicyclic) bond motifs is 5. The number of hydrogen-bond acceptors (Lipinski definition) is 10. The molecule has 7 rings (SSSR count). The van der Waals surface area contributed by atoms with Crippen molar-refractivity contribution < 1.29 is 39.1 Å². The summed E-state index contributed by atoms with van der Waals surface area (Å²) in [7, 11) is 1.59. The number of esters is 1. The molecule has 0 radical (unpaired) electrons. The van der Waals surface area contributed by atoms with Crippen molar-refractivity contribution in [3.63, 3.8) is 0 Å². The topological polar surface area (TPSA) is 140 Å². The number of hydrogen-bond donors (Lipinski definition) is 3. The monoisotopic (exact) mass is 638 g/mol. The zero-order valence-electron chi connectivity index (χ0n) is 27.3. The first-order valence-corrected chi connectivity index (χ1v) is 17.3. The second-order valence-corrected chi connectivity index (χ2v) is 15.2. The van der Waals surface area contributed by atoms with E-state index in [4.69, 9.17) is 23.9 Å². The Morgan fingerprint density at radius 3 is 2.70 bits per heavy atom. The van der Waals surface area contributed by atoms with Crippen molar-refractivity contribution in [3.05, 3.63) is 41.7 Å². The van der Waals surface area contributed by atoms with E-state index in [1.807, 2.05) is 31.5 Å². The normalized spacial score (nSPS) is 47.2. The molecule has 2 aliphatic heterocycles. The lowest BCUT2D eigenvalue weighted by atomic mass is 9.41. The average molecular weight is 639 g/mol. The van der Waals surface area contributed by atoms with E-state index in [2.05, 4.69) is 11.9 Å². The third kappa shape index (κ3) is 5.10. The van der Waals surface area contributed by atoms with Crippen LogP contribution in [-0.2, 0) is 30.3 Å². The Hall–Kier alpha value is -2.21. The maximum absolute atomic E-state index is 12.8. The highest BCUT2D eigenvalue weighted by Crippen LogP contribution is 2.70. The second-order valence-electron chi connectivity index (χ2n) is 15.2. The van der Waals surface area contributed by atoms with Crippen LogP contribution in [0, 0.1) is 28.6 Å². The van der Waals surface area contributed by atoms with Gasteiger partial charge in [-0.25, -0.2) is 4.79 Å². The molecule has 3 N–H and O–H groups in total. The lowest BCUT2D eigenvalue weighted by molar-refractivity contribution is -0.284. The molecule has 6 aliphatic rings. The fourth-order valence-corrected chi connectivity index (χ4v) is 10.8. The standard InChI is InChI=1S/C36H50N2O8/c1-22-32(40)29(43-3)16-31(45-22)46-25-6-11-34(21-38-19-23-5-4-14-37-18-23)27-7-10-33(2)26(24-15-30(39)44-20-24)9-13-36(33,42)28(27)8-12-35(34,41)17-25/h4-5,14-15,18,21-22,25-29,31-32,40-42H,6-13,16-17,19-20H2,1-3H3/t22-,25-,26+,27+,28-,29-,31+,32-,33-,34+,35+,36+/m1/s1. The molecular weight excluding hydrogens is 588 g/mol. The molecule has 0 spiro atoms. The number of aliphatic imine (C=N–C) groups is 1. The first-order chi connectivity index (χ1) is 22.0. The fraction of sp³-hybridized carbons (Fsp3) is 0.750. The zero-order chi connectivity index (χ0) is 32.3. The van der Waals surface area contributed by atoms with Gasteiger partial charge in [-0.15, -0.1) is 0 Å². The summed E-state index contributed by atoms with van der Waals surface area (Å²) in [4.78, 5) is 21.2. The number of nitrogens with zero attached hydrogens (tertiary/aromatic N) is 2. The molecule has 46 heavy (non-hydrogen) atoms. The third-order valence-corrected chi connectivity index (χ3v) is 13.2. The summed E-state index contributed by atoms with van der Waals surface area (Å²) in [6.07, 6.45) is 11.8. The minimum atomic E-state index is -1.06. The van der Waals surface area contributed by atoms with Crippen molar-refractivity contribution in [2.24, 2.45) is 33.6 Å². The van der Waals surface area contributed by atoms with Crippen LogP contribution in [0.5, 0.6) is 0 Å². The molecule has 252 valence electrons. The van der Waals surface area contributed by atoms with Gasteiger partial charge in [-0.05, 0) is 93.2 Å². The van der Waals surface area contributed by atoms with E-state index in [0.29, 0.717) is 51.7 Å². The molecule has 12 atom stereocenters. The lowest BCUT2D eigenvalue weighted by Gasteiger charge is -2.66. The third-order valence-electron chi connectivity index (χ3n) is 13.2. The summed E-state index contributed by atoms with van der Waals surface area (Å²) < 4.78 is 23.4. The van der Waals surface area contributed by atoms with Gasteiger partial charge < -0.3 is 34.3 Å². The molecule has 1 saturated heterocycles. The molecule has 5 fully saturated rings. The van der Waals surface area contributed by atoms with Crippen LogP contribution in [-0.4, -0.2) is 88.1 Å². The molecule has 4 aliphatic carbocycles. The minimum absolute atomic E-state index is 0.00364. The molecule has 4 saturated carbocycles. The van der Waals surface area contributed by atoms with Crippen LogP contribution in [0.1, 0.15) is 83.6 Å². The highest BCUT2D eigenvalue weighted by atomic mass is 16.7. The minimum Gasteiger partial charge on any atom is -0.458 e. The molecule has 0 aromatic carbocycles. The molecule has 10 nitrogen and oxygen atoms in total. The molecular formula is C36H50N2O8. The Balaban J connectivity index is 1.17. The Bertz CT molecular complexity index is 1360. The first-order valence-electron chi connectivity index (χ1n) is 17.3. The summed E-state index contributed by atoms with van der Waals surface area (Å²) in [6, 6.07) is 3.92. The summed E-state index contributed by atoms with van der Waals surface area (Å²) in [5.41, 5.74) is -0.931. The molecule has 1 aromatic heterocycles. The largest absolute Gasteiger partial charge is 0.458 e. The fourth-order valence-electron chi connectivity index (χ4n) is 10.8. The number of aromatic nitrogens is 1. The van der Waals surface area contributed by atoms with Gasteiger partial charge in [0.2, 0.25) is 0 Å². The number of cyclic esters (lactones) is 1. The van der Waals surface area contributed by atoms with Gasteiger partial charge in [0.15, 0.2) is 6.29 Å². The van der Waals surface area contributed by atoms with Crippen LogP contribution < -0.4 is 0 Å². The Kier molecular flexibility index (Phi) is 8.46. The summed E-state index contributed by atoms with van der Waals surface area (Å²) >= 11 is 0. The Morgan fingerprint density at radius 2 is 1.96 bits per heavy atom. The second kappa shape index (κ2) is 12.0. The quantitative estimate of drug-likeness (QED) is 0.231. The molecule has 10 heteroatoms. The van der Waals surface area contributed by atoms with Gasteiger partial charge in [-0.3, -0.25) is 9.98 Å². The SMILES string of the molecule is CO[C@@H]1C[C@H](O[C@@H]2CC[C@]3(C=NCc4cccnc4)[C@H]4CC[C@]5(C)[C@H](C6=CC(=O)OC6)CC[C@]5(O)[C@@H]4CC[C@]3(O)C2)O[C@H](C)[C@H]1O. The van der Waals surface area contributed by atoms with Gasteiger partial charge in [-0.2, -0.15) is 0 Å². The summed E-state index contributed by atoms with van der Waals surface area (Å²) in [6.45, 7) is 4.84. The number of pyridine rings is 1. The number of aliphatic hydroxyl groups excluding tert-OH is 1. The maximum Gasteiger partial charge on any atom is 0.331 e. The maximum atomic E-state index is 12.8. The predicted octanol–water partition coefficient (Wildman–Crippen LogP) is 3.90. The van der Waals surface area contributed by atoms with E-state index >= 15 is 0 Å². The van der Waals surface area contributed by atoms with Crippen molar-refractivity contribution in [1.82, 2.24) is 4.98 Å². The lowest BCUT2D eigenvalue weighted by Crippen LogP contribution is -2.69. The highest BCUT2D eigenvalue weighted by Gasteiger charge is 2.71. The molecule has 1 aromatic rings. The number of carbonyl (C=O) groups excluding carboxylic acids is 1. The van der Waals surface area contributed by atoms with E-state index in [1.165, 1.54) is 0 Å². The van der Waals surface area contributed by atoms with E-state index in [0.717, 1.165) is 36.8 Å². The Morgan fingerprint density at radius 1 is 1.13 bits per heavy atom. The van der Waals surface area contributed by atoms with Gasteiger partial charge in [-0.1, -0.05) is 13.0 Å².